The van der Waals surface area contributed by atoms with Crippen LogP contribution in [0.2, 0.25) is 5.02 Å². The smallest absolute Gasteiger partial charge is 0.255 e. The molecule has 0 radical (unpaired) electrons. The molecular formula is C20H22ClN3O. The van der Waals surface area contributed by atoms with Crippen molar-refractivity contribution in [2.75, 3.05) is 6.54 Å². The molecule has 4 nitrogen and oxygen atoms in total. The van der Waals surface area contributed by atoms with Gasteiger partial charge in [-0.25, -0.2) is 0 Å². The average Bonchev–Trinajstić information content (AvgIpc) is 2.59. The highest BCUT2D eigenvalue weighted by atomic mass is 35.5. The molecule has 0 fully saturated rings. The van der Waals surface area contributed by atoms with E-state index in [-0.39, 0.29) is 5.56 Å². The Morgan fingerprint density at radius 2 is 2.04 bits per heavy atom. The van der Waals surface area contributed by atoms with E-state index in [2.05, 4.69) is 24.1 Å². The fourth-order valence-electron chi connectivity index (χ4n) is 2.84. The molecule has 3 rings (SSSR count). The first-order valence-electron chi connectivity index (χ1n) is 8.47. The van der Waals surface area contributed by atoms with E-state index in [1.807, 2.05) is 42.5 Å². The molecule has 2 heterocycles. The standard InChI is InChI=1S/C20H22ClN3O/c1-14(2)11-22-12-16-9-15-6-7-17(21)10-19(15)24(20(16)25)13-18-5-3-4-8-23-18/h3-10,14,22H,11-13H2,1-2H3. The molecule has 1 aromatic carbocycles. The van der Waals surface area contributed by atoms with Crippen molar-refractivity contribution in [3.8, 4) is 0 Å². The van der Waals surface area contributed by atoms with Gasteiger partial charge in [0.1, 0.15) is 0 Å². The molecule has 0 bridgehead atoms. The molecule has 3 aromatic rings. The third kappa shape index (κ3) is 4.27. The number of fused-ring (bicyclic) bond motifs is 1. The van der Waals surface area contributed by atoms with Crippen LogP contribution in [0.3, 0.4) is 0 Å². The van der Waals surface area contributed by atoms with Gasteiger partial charge in [0.25, 0.3) is 5.56 Å². The van der Waals surface area contributed by atoms with Gasteiger partial charge in [-0.1, -0.05) is 37.6 Å². The van der Waals surface area contributed by atoms with Gasteiger partial charge in [-0.2, -0.15) is 0 Å². The highest BCUT2D eigenvalue weighted by Crippen LogP contribution is 2.20. The number of pyridine rings is 2. The SMILES string of the molecule is CC(C)CNCc1cc2ccc(Cl)cc2n(Cc2ccccn2)c1=O. The fourth-order valence-corrected chi connectivity index (χ4v) is 3.00. The lowest BCUT2D eigenvalue weighted by atomic mass is 10.1. The molecule has 1 N–H and O–H groups in total. The second-order valence-corrected chi connectivity index (χ2v) is 7.05. The molecule has 0 aliphatic heterocycles. The van der Waals surface area contributed by atoms with E-state index in [1.54, 1.807) is 10.8 Å². The summed E-state index contributed by atoms with van der Waals surface area (Å²) in [6, 6.07) is 13.3. The molecule has 130 valence electrons. The third-order valence-corrected chi connectivity index (χ3v) is 4.28. The van der Waals surface area contributed by atoms with E-state index in [0.717, 1.165) is 28.7 Å². The first kappa shape index (κ1) is 17.6. The van der Waals surface area contributed by atoms with Gasteiger partial charge < -0.3 is 9.88 Å². The van der Waals surface area contributed by atoms with Gasteiger partial charge in [-0.05, 0) is 48.2 Å². The van der Waals surface area contributed by atoms with Crippen LogP contribution in [0.15, 0.2) is 53.5 Å². The van der Waals surface area contributed by atoms with Crippen LogP contribution in [-0.2, 0) is 13.1 Å². The topological polar surface area (TPSA) is 46.9 Å². The minimum absolute atomic E-state index is 0.00308. The molecule has 2 aromatic heterocycles. The monoisotopic (exact) mass is 355 g/mol. The van der Waals surface area contributed by atoms with Crippen molar-refractivity contribution in [3.05, 3.63) is 75.3 Å². The summed E-state index contributed by atoms with van der Waals surface area (Å²) in [6.45, 7) is 6.15. The minimum Gasteiger partial charge on any atom is -0.312 e. The first-order chi connectivity index (χ1) is 12.0. The van der Waals surface area contributed by atoms with E-state index in [0.29, 0.717) is 24.0 Å². The summed E-state index contributed by atoms with van der Waals surface area (Å²) in [6.07, 6.45) is 1.74. The van der Waals surface area contributed by atoms with Crippen LogP contribution in [-0.4, -0.2) is 16.1 Å². The number of nitrogens with zero attached hydrogens (tertiary/aromatic N) is 2. The zero-order valence-electron chi connectivity index (χ0n) is 14.5. The average molecular weight is 356 g/mol. The molecule has 0 aliphatic carbocycles. The van der Waals surface area contributed by atoms with E-state index in [1.165, 1.54) is 0 Å². The molecule has 0 unspecified atom stereocenters. The van der Waals surface area contributed by atoms with Gasteiger partial charge >= 0.3 is 0 Å². The Morgan fingerprint density at radius 1 is 1.20 bits per heavy atom. The molecular weight excluding hydrogens is 334 g/mol. The number of halogens is 1. The zero-order chi connectivity index (χ0) is 17.8. The summed E-state index contributed by atoms with van der Waals surface area (Å²) in [4.78, 5) is 17.4. The third-order valence-electron chi connectivity index (χ3n) is 4.05. The Balaban J connectivity index is 2.05. The first-order valence-corrected chi connectivity index (χ1v) is 8.85. The number of aromatic nitrogens is 2. The van der Waals surface area contributed by atoms with E-state index >= 15 is 0 Å². The largest absolute Gasteiger partial charge is 0.312 e. The quantitative estimate of drug-likeness (QED) is 0.730. The molecule has 0 amide bonds. The molecule has 5 heteroatoms. The number of hydrogen-bond acceptors (Lipinski definition) is 3. The van der Waals surface area contributed by atoms with Gasteiger partial charge in [-0.3, -0.25) is 9.78 Å². The summed E-state index contributed by atoms with van der Waals surface area (Å²) in [7, 11) is 0. The summed E-state index contributed by atoms with van der Waals surface area (Å²) >= 11 is 6.16. The lowest BCUT2D eigenvalue weighted by Gasteiger charge is -2.14. The zero-order valence-corrected chi connectivity index (χ0v) is 15.3. The van der Waals surface area contributed by atoms with Crippen LogP contribution in [0.25, 0.3) is 10.9 Å². The highest BCUT2D eigenvalue weighted by molar-refractivity contribution is 6.31. The highest BCUT2D eigenvalue weighted by Gasteiger charge is 2.11. The second kappa shape index (κ2) is 7.81. The fraction of sp³-hybridized carbons (Fsp3) is 0.300. The minimum atomic E-state index is -0.00308. The van der Waals surface area contributed by atoms with Crippen molar-refractivity contribution in [2.24, 2.45) is 5.92 Å². The number of hydrogen-bond donors (Lipinski definition) is 1. The molecule has 0 atom stereocenters. The van der Waals surface area contributed by atoms with E-state index in [9.17, 15) is 4.79 Å². The number of rotatable bonds is 6. The Morgan fingerprint density at radius 3 is 2.76 bits per heavy atom. The maximum atomic E-state index is 13.0. The van der Waals surface area contributed by atoms with Gasteiger partial charge in [0.2, 0.25) is 0 Å². The summed E-state index contributed by atoms with van der Waals surface area (Å²) in [5, 5.41) is 4.97. The van der Waals surface area contributed by atoms with Crippen LogP contribution in [0, 0.1) is 5.92 Å². The van der Waals surface area contributed by atoms with E-state index in [4.69, 9.17) is 11.6 Å². The Bertz CT molecular complexity index is 919. The Labute approximate surface area is 152 Å². The molecule has 0 aliphatic rings. The summed E-state index contributed by atoms with van der Waals surface area (Å²) in [5.41, 5.74) is 2.43. The molecule has 25 heavy (non-hydrogen) atoms. The predicted molar refractivity (Wildman–Crippen MR) is 103 cm³/mol. The lowest BCUT2D eigenvalue weighted by molar-refractivity contribution is 0.549. The lowest BCUT2D eigenvalue weighted by Crippen LogP contribution is -2.29. The summed E-state index contributed by atoms with van der Waals surface area (Å²) in [5.74, 6) is 0.537. The summed E-state index contributed by atoms with van der Waals surface area (Å²) < 4.78 is 1.76. The number of benzene rings is 1. The second-order valence-electron chi connectivity index (χ2n) is 6.61. The van der Waals surface area contributed by atoms with Crippen LogP contribution in [0.5, 0.6) is 0 Å². The Kier molecular flexibility index (Phi) is 5.51. The predicted octanol–water partition coefficient (Wildman–Crippen LogP) is 3.84. The van der Waals surface area contributed by atoms with Crippen molar-refractivity contribution in [2.45, 2.75) is 26.9 Å². The maximum Gasteiger partial charge on any atom is 0.255 e. The van der Waals surface area contributed by atoms with E-state index < -0.39 is 0 Å². The van der Waals surface area contributed by atoms with Crippen molar-refractivity contribution in [1.82, 2.24) is 14.9 Å². The van der Waals surface area contributed by atoms with Gasteiger partial charge in [0.15, 0.2) is 0 Å². The van der Waals surface area contributed by atoms with Crippen LogP contribution in [0.1, 0.15) is 25.1 Å². The molecule has 0 saturated carbocycles. The van der Waals surface area contributed by atoms with Gasteiger partial charge in [0.05, 0.1) is 17.8 Å². The van der Waals surface area contributed by atoms with Crippen LogP contribution in [0.4, 0.5) is 0 Å². The molecule has 0 saturated heterocycles. The maximum absolute atomic E-state index is 13.0. The van der Waals surface area contributed by atoms with Crippen molar-refractivity contribution >= 4 is 22.5 Å². The van der Waals surface area contributed by atoms with Crippen molar-refractivity contribution in [1.29, 1.82) is 0 Å². The number of nitrogens with one attached hydrogen (secondary N) is 1. The van der Waals surface area contributed by atoms with Gasteiger partial charge in [0, 0.05) is 23.3 Å². The van der Waals surface area contributed by atoms with Crippen LogP contribution >= 0.6 is 11.6 Å². The van der Waals surface area contributed by atoms with Crippen molar-refractivity contribution < 1.29 is 0 Å². The normalized spacial score (nSPS) is 11.4. The van der Waals surface area contributed by atoms with Crippen LogP contribution < -0.4 is 10.9 Å². The molecule has 0 spiro atoms. The Hall–Kier alpha value is -2.17. The van der Waals surface area contributed by atoms with Gasteiger partial charge in [-0.15, -0.1) is 0 Å². The van der Waals surface area contributed by atoms with Crippen molar-refractivity contribution in [3.63, 3.8) is 0 Å².